The summed E-state index contributed by atoms with van der Waals surface area (Å²) in [7, 11) is 0. The van der Waals surface area contributed by atoms with Gasteiger partial charge in [0.25, 0.3) is 0 Å². The summed E-state index contributed by atoms with van der Waals surface area (Å²) in [5, 5.41) is 20.2. The fraction of sp³-hybridized carbons (Fsp3) is 0.556. The number of aliphatic hydroxyl groups excluding tert-OH is 2. The lowest BCUT2D eigenvalue weighted by Crippen LogP contribution is -1.97. The molecule has 1 atom stereocenters. The molecule has 0 fully saturated rings. The third kappa shape index (κ3) is 2.30. The lowest BCUT2D eigenvalue weighted by molar-refractivity contribution is 0.154. The summed E-state index contributed by atoms with van der Waals surface area (Å²) >= 11 is 1.58. The van der Waals surface area contributed by atoms with Crippen LogP contribution in [-0.2, 0) is 0 Å². The van der Waals surface area contributed by atoms with Gasteiger partial charge in [0.15, 0.2) is 0 Å². The minimum atomic E-state index is -0.392. The molecule has 12 heavy (non-hydrogen) atoms. The smallest absolute Gasteiger partial charge is 0.0885 e. The van der Waals surface area contributed by atoms with E-state index in [0.717, 1.165) is 10.4 Å². The molecule has 0 aliphatic rings. The van der Waals surface area contributed by atoms with Gasteiger partial charge in [0, 0.05) is 11.5 Å². The van der Waals surface area contributed by atoms with Crippen LogP contribution < -0.4 is 0 Å². The van der Waals surface area contributed by atoms with E-state index < -0.39 is 6.10 Å². The molecule has 0 aliphatic heterocycles. The normalized spacial score (nSPS) is 13.2. The van der Waals surface area contributed by atoms with Gasteiger partial charge in [0.05, 0.1) is 6.10 Å². The second kappa shape index (κ2) is 4.60. The number of aliphatic hydroxyl groups is 2. The Morgan fingerprint density at radius 1 is 1.58 bits per heavy atom. The first-order chi connectivity index (χ1) is 5.75. The summed E-state index contributed by atoms with van der Waals surface area (Å²) in [6.45, 7) is 2.15. The molecular weight excluding hydrogens is 172 g/mol. The lowest BCUT2D eigenvalue weighted by Gasteiger charge is -2.08. The van der Waals surface area contributed by atoms with E-state index in [4.69, 9.17) is 5.11 Å². The maximum atomic E-state index is 9.62. The number of aryl methyl sites for hydroxylation is 1. The molecule has 3 heteroatoms. The van der Waals surface area contributed by atoms with Gasteiger partial charge in [0.2, 0.25) is 0 Å². The average Bonchev–Trinajstić information content (AvgIpc) is 2.47. The molecule has 0 saturated heterocycles. The van der Waals surface area contributed by atoms with Crippen LogP contribution in [0.15, 0.2) is 11.4 Å². The molecule has 0 aromatic carbocycles. The molecule has 1 heterocycles. The van der Waals surface area contributed by atoms with E-state index in [9.17, 15) is 5.11 Å². The van der Waals surface area contributed by atoms with Crippen molar-refractivity contribution >= 4 is 11.3 Å². The molecule has 0 radical (unpaired) electrons. The predicted octanol–water partition coefficient (Wildman–Crippen LogP) is 1.86. The van der Waals surface area contributed by atoms with Crippen molar-refractivity contribution in [1.29, 1.82) is 0 Å². The maximum absolute atomic E-state index is 9.62. The van der Waals surface area contributed by atoms with E-state index in [0.29, 0.717) is 12.8 Å². The molecule has 68 valence electrons. The summed E-state index contributed by atoms with van der Waals surface area (Å²) in [5.41, 5.74) is 1.14. The first-order valence-electron chi connectivity index (χ1n) is 4.08. The third-order valence-electron chi connectivity index (χ3n) is 1.84. The van der Waals surface area contributed by atoms with E-state index >= 15 is 0 Å². The molecule has 1 unspecified atom stereocenters. The Morgan fingerprint density at radius 3 is 2.83 bits per heavy atom. The minimum Gasteiger partial charge on any atom is -0.396 e. The van der Waals surface area contributed by atoms with Crippen molar-refractivity contribution in [3.05, 3.63) is 21.9 Å². The minimum absolute atomic E-state index is 0.154. The number of hydrogen-bond donors (Lipinski definition) is 2. The van der Waals surface area contributed by atoms with Crippen molar-refractivity contribution in [2.75, 3.05) is 6.61 Å². The van der Waals surface area contributed by atoms with Gasteiger partial charge in [-0.25, -0.2) is 0 Å². The largest absolute Gasteiger partial charge is 0.396 e. The first-order valence-corrected chi connectivity index (χ1v) is 4.96. The van der Waals surface area contributed by atoms with Gasteiger partial charge in [-0.3, -0.25) is 0 Å². The van der Waals surface area contributed by atoms with Crippen LogP contribution in [0.4, 0.5) is 0 Å². The Balaban J connectivity index is 2.52. The van der Waals surface area contributed by atoms with Gasteiger partial charge in [0.1, 0.15) is 0 Å². The highest BCUT2D eigenvalue weighted by molar-refractivity contribution is 7.10. The Bertz CT molecular complexity index is 232. The number of hydrogen-bond acceptors (Lipinski definition) is 3. The highest BCUT2D eigenvalue weighted by Gasteiger charge is 2.10. The van der Waals surface area contributed by atoms with Crippen molar-refractivity contribution in [3.63, 3.8) is 0 Å². The van der Waals surface area contributed by atoms with Crippen LogP contribution in [-0.4, -0.2) is 16.8 Å². The van der Waals surface area contributed by atoms with Gasteiger partial charge >= 0.3 is 0 Å². The standard InChI is InChI=1S/C9H14O2S/c1-7-4-6-12-9(7)8(11)3-2-5-10/h4,6,8,10-11H,2-3,5H2,1H3. The van der Waals surface area contributed by atoms with Crippen molar-refractivity contribution in [2.24, 2.45) is 0 Å². The zero-order valence-corrected chi connectivity index (χ0v) is 7.97. The van der Waals surface area contributed by atoms with Crippen molar-refractivity contribution in [2.45, 2.75) is 25.9 Å². The molecule has 1 aromatic heterocycles. The fourth-order valence-corrected chi connectivity index (χ4v) is 2.09. The first kappa shape index (κ1) is 9.71. The van der Waals surface area contributed by atoms with E-state index in [1.165, 1.54) is 0 Å². The summed E-state index contributed by atoms with van der Waals surface area (Å²) in [6.07, 6.45) is 0.924. The molecule has 0 amide bonds. The number of thiophene rings is 1. The SMILES string of the molecule is Cc1ccsc1C(O)CCCO. The van der Waals surface area contributed by atoms with Gasteiger partial charge in [-0.15, -0.1) is 11.3 Å². The molecule has 1 aromatic rings. The monoisotopic (exact) mass is 186 g/mol. The van der Waals surface area contributed by atoms with Crippen LogP contribution in [0.25, 0.3) is 0 Å². The van der Waals surface area contributed by atoms with Gasteiger partial charge < -0.3 is 10.2 Å². The highest BCUT2D eigenvalue weighted by atomic mass is 32.1. The van der Waals surface area contributed by atoms with E-state index in [1.807, 2.05) is 18.4 Å². The predicted molar refractivity (Wildman–Crippen MR) is 50.3 cm³/mol. The highest BCUT2D eigenvalue weighted by Crippen LogP contribution is 2.26. The van der Waals surface area contributed by atoms with Gasteiger partial charge in [-0.05, 0) is 36.8 Å². The summed E-state index contributed by atoms with van der Waals surface area (Å²) < 4.78 is 0. The Morgan fingerprint density at radius 2 is 2.33 bits per heavy atom. The molecule has 2 nitrogen and oxygen atoms in total. The van der Waals surface area contributed by atoms with Crippen LogP contribution in [0.3, 0.4) is 0 Å². The topological polar surface area (TPSA) is 40.5 Å². The quantitative estimate of drug-likeness (QED) is 0.753. The Kier molecular flexibility index (Phi) is 3.72. The second-order valence-electron chi connectivity index (χ2n) is 2.85. The van der Waals surface area contributed by atoms with Gasteiger partial charge in [-0.2, -0.15) is 0 Å². The van der Waals surface area contributed by atoms with E-state index in [-0.39, 0.29) is 6.61 Å². The maximum Gasteiger partial charge on any atom is 0.0885 e. The molecular formula is C9H14O2S. The Labute approximate surface area is 76.5 Å². The molecule has 1 rings (SSSR count). The molecule has 0 spiro atoms. The molecule has 0 saturated carbocycles. The van der Waals surface area contributed by atoms with Gasteiger partial charge in [-0.1, -0.05) is 0 Å². The lowest BCUT2D eigenvalue weighted by atomic mass is 10.1. The third-order valence-corrected chi connectivity index (χ3v) is 2.96. The summed E-state index contributed by atoms with van der Waals surface area (Å²) in [6, 6.07) is 2.00. The second-order valence-corrected chi connectivity index (χ2v) is 3.80. The summed E-state index contributed by atoms with van der Waals surface area (Å²) in [5.74, 6) is 0. The zero-order valence-electron chi connectivity index (χ0n) is 7.16. The van der Waals surface area contributed by atoms with E-state index in [2.05, 4.69) is 0 Å². The fourth-order valence-electron chi connectivity index (χ4n) is 1.14. The van der Waals surface area contributed by atoms with Crippen molar-refractivity contribution in [3.8, 4) is 0 Å². The Hall–Kier alpha value is -0.380. The van der Waals surface area contributed by atoms with Crippen LogP contribution >= 0.6 is 11.3 Å². The summed E-state index contributed by atoms with van der Waals surface area (Å²) in [4.78, 5) is 1.03. The zero-order chi connectivity index (χ0) is 8.97. The molecule has 2 N–H and O–H groups in total. The number of rotatable bonds is 4. The van der Waals surface area contributed by atoms with Crippen LogP contribution in [0.1, 0.15) is 29.4 Å². The van der Waals surface area contributed by atoms with Crippen LogP contribution in [0.5, 0.6) is 0 Å². The average molecular weight is 186 g/mol. The molecule has 0 bridgehead atoms. The molecule has 0 aliphatic carbocycles. The van der Waals surface area contributed by atoms with E-state index in [1.54, 1.807) is 11.3 Å². The van der Waals surface area contributed by atoms with Crippen molar-refractivity contribution in [1.82, 2.24) is 0 Å². The van der Waals surface area contributed by atoms with Crippen LogP contribution in [0, 0.1) is 6.92 Å². The van der Waals surface area contributed by atoms with Crippen LogP contribution in [0.2, 0.25) is 0 Å². The van der Waals surface area contributed by atoms with Crippen molar-refractivity contribution < 1.29 is 10.2 Å².